The van der Waals surface area contributed by atoms with Crippen molar-refractivity contribution in [1.29, 1.82) is 0 Å². The van der Waals surface area contributed by atoms with Crippen LogP contribution in [0.3, 0.4) is 0 Å². The van der Waals surface area contributed by atoms with Crippen LogP contribution < -0.4 is 25.2 Å². The predicted octanol–water partition coefficient (Wildman–Crippen LogP) is 5.75. The number of halogens is 2. The first kappa shape index (κ1) is 32.2. The Kier molecular flexibility index (Phi) is 9.57. The largest absolute Gasteiger partial charge is 0.496 e. The maximum absolute atomic E-state index is 14.5. The molecule has 1 heterocycles. The predicted molar refractivity (Wildman–Crippen MR) is 179 cm³/mol. The molecule has 1 aliphatic heterocycles. The average molecular weight is 692 g/mol. The van der Waals surface area contributed by atoms with E-state index in [1.165, 1.54) is 11.8 Å². The van der Waals surface area contributed by atoms with E-state index in [0.717, 1.165) is 20.8 Å². The maximum atomic E-state index is 14.5. The third-order valence-corrected chi connectivity index (χ3v) is 8.91. The topological polar surface area (TPSA) is 108 Å². The zero-order chi connectivity index (χ0) is 32.4. The number of carbonyl (C=O) groups excluding carboxylic acids is 4. The van der Waals surface area contributed by atoms with E-state index in [4.69, 9.17) is 16.3 Å². The van der Waals surface area contributed by atoms with Gasteiger partial charge >= 0.3 is 0 Å². The molecule has 4 aromatic carbocycles. The van der Waals surface area contributed by atoms with Crippen LogP contribution in [0.1, 0.15) is 40.1 Å². The molecule has 0 aromatic heterocycles. The molecule has 0 radical (unpaired) electrons. The Labute approximate surface area is 274 Å². The van der Waals surface area contributed by atoms with Gasteiger partial charge in [-0.2, -0.15) is 0 Å². The van der Waals surface area contributed by atoms with Crippen molar-refractivity contribution in [3.8, 4) is 5.75 Å². The molecule has 4 aromatic rings. The van der Waals surface area contributed by atoms with Crippen molar-refractivity contribution in [2.45, 2.75) is 32.5 Å². The summed E-state index contributed by atoms with van der Waals surface area (Å²) in [7, 11) is 3.22. The highest BCUT2D eigenvalue weighted by atomic mass is 79.9. The van der Waals surface area contributed by atoms with Crippen LogP contribution in [0.25, 0.3) is 10.8 Å². The average Bonchev–Trinajstić information content (AvgIpc) is 3.14. The van der Waals surface area contributed by atoms with Crippen LogP contribution in [0.15, 0.2) is 77.3 Å². The molecule has 0 fully saturated rings. The van der Waals surface area contributed by atoms with Gasteiger partial charge in [0, 0.05) is 26.2 Å². The quantitative estimate of drug-likeness (QED) is 0.228. The van der Waals surface area contributed by atoms with Gasteiger partial charge in [0.15, 0.2) is 5.78 Å². The summed E-state index contributed by atoms with van der Waals surface area (Å²) in [6.45, 7) is 3.05. The van der Waals surface area contributed by atoms with Gasteiger partial charge in [-0.05, 0) is 80.2 Å². The lowest BCUT2D eigenvalue weighted by molar-refractivity contribution is -0.128. The lowest BCUT2D eigenvalue weighted by Crippen LogP contribution is -2.55. The molecule has 0 bridgehead atoms. The highest BCUT2D eigenvalue weighted by Crippen LogP contribution is 2.40. The highest BCUT2D eigenvalue weighted by molar-refractivity contribution is 9.10. The molecular weight excluding hydrogens is 660 g/mol. The summed E-state index contributed by atoms with van der Waals surface area (Å²) in [6.07, 6.45) is 0. The number of nitrogens with zero attached hydrogens (tertiary/aromatic N) is 2. The lowest BCUT2D eigenvalue weighted by atomic mass is 10.0. The molecule has 45 heavy (non-hydrogen) atoms. The number of likely N-dealkylation sites (N-methyl/N-ethyl adjacent to an activating group) is 1. The molecule has 3 amide bonds. The number of ether oxygens (including phenoxy) is 1. The van der Waals surface area contributed by atoms with Crippen molar-refractivity contribution in [3.05, 3.63) is 99.0 Å². The molecule has 9 nitrogen and oxygen atoms in total. The maximum Gasteiger partial charge on any atom is 0.258 e. The highest BCUT2D eigenvalue weighted by Gasteiger charge is 2.38. The van der Waals surface area contributed by atoms with Gasteiger partial charge in [-0.15, -0.1) is 0 Å². The van der Waals surface area contributed by atoms with Gasteiger partial charge in [0.2, 0.25) is 5.91 Å². The van der Waals surface area contributed by atoms with E-state index >= 15 is 0 Å². The molecule has 0 saturated heterocycles. The van der Waals surface area contributed by atoms with Gasteiger partial charge < -0.3 is 25.2 Å². The number of anilines is 2. The Balaban J connectivity index is 1.67. The smallest absolute Gasteiger partial charge is 0.258 e. The minimum Gasteiger partial charge on any atom is -0.496 e. The first-order chi connectivity index (χ1) is 21.5. The summed E-state index contributed by atoms with van der Waals surface area (Å²) >= 11 is 10.1. The van der Waals surface area contributed by atoms with E-state index in [2.05, 4.69) is 26.6 Å². The summed E-state index contributed by atoms with van der Waals surface area (Å²) < 4.78 is 6.63. The molecular formula is C34H32BrClN4O5. The number of hydrogen-bond acceptors (Lipinski definition) is 6. The fourth-order valence-corrected chi connectivity index (χ4v) is 6.04. The third-order valence-electron chi connectivity index (χ3n) is 7.99. The summed E-state index contributed by atoms with van der Waals surface area (Å²) in [6, 6.07) is 19.2. The normalized spacial score (nSPS) is 15.3. The van der Waals surface area contributed by atoms with Crippen molar-refractivity contribution < 1.29 is 23.9 Å². The van der Waals surface area contributed by atoms with Crippen LogP contribution in [0.5, 0.6) is 5.75 Å². The van der Waals surface area contributed by atoms with Gasteiger partial charge in [-0.3, -0.25) is 19.2 Å². The molecule has 0 saturated carbocycles. The number of Topliss-reactive ketones (excluding diaryl/α,β-unsaturated/α-hetero) is 1. The van der Waals surface area contributed by atoms with E-state index in [9.17, 15) is 19.2 Å². The molecule has 2 atom stereocenters. The van der Waals surface area contributed by atoms with Crippen molar-refractivity contribution in [3.63, 3.8) is 0 Å². The van der Waals surface area contributed by atoms with Gasteiger partial charge in [0.1, 0.15) is 11.8 Å². The SMILES string of the molecule is CN[C@@H](C)C(=O)N[C@H]1CN(C(=O)c2ccc(C(C)=O)cc2)c2cc(Cl)ccc2N(Cc2c(OC)ccc3c(Br)cccc23)C1=O. The molecule has 232 valence electrons. The van der Waals surface area contributed by atoms with Gasteiger partial charge in [-0.25, -0.2) is 0 Å². The zero-order valence-electron chi connectivity index (χ0n) is 25.2. The number of fused-ring (bicyclic) bond motifs is 2. The summed E-state index contributed by atoms with van der Waals surface area (Å²) in [5.41, 5.74) is 2.36. The van der Waals surface area contributed by atoms with Crippen LogP contribution in [-0.4, -0.2) is 56.3 Å². The number of methoxy groups -OCH3 is 1. The minimum atomic E-state index is -1.10. The van der Waals surface area contributed by atoms with Crippen molar-refractivity contribution in [1.82, 2.24) is 10.6 Å². The van der Waals surface area contributed by atoms with Crippen molar-refractivity contribution in [2.24, 2.45) is 0 Å². The monoisotopic (exact) mass is 690 g/mol. The summed E-state index contributed by atoms with van der Waals surface area (Å²) in [5.74, 6) is -0.775. The number of amides is 3. The Morgan fingerprint density at radius 3 is 2.38 bits per heavy atom. The van der Waals surface area contributed by atoms with Gasteiger partial charge in [-0.1, -0.05) is 51.8 Å². The Bertz CT molecular complexity index is 1810. The van der Waals surface area contributed by atoms with Gasteiger partial charge in [0.25, 0.3) is 11.8 Å². The number of nitrogens with one attached hydrogen (secondary N) is 2. The zero-order valence-corrected chi connectivity index (χ0v) is 27.5. The molecule has 11 heteroatoms. The van der Waals surface area contributed by atoms with E-state index in [1.807, 2.05) is 30.3 Å². The Morgan fingerprint density at radius 1 is 1.00 bits per heavy atom. The fraction of sp³-hybridized carbons (Fsp3) is 0.235. The first-order valence-corrected chi connectivity index (χ1v) is 15.5. The van der Waals surface area contributed by atoms with Crippen LogP contribution in [0.2, 0.25) is 5.02 Å². The number of rotatable bonds is 8. The van der Waals surface area contributed by atoms with E-state index in [1.54, 1.807) is 68.4 Å². The molecule has 1 aliphatic rings. The number of ketones is 1. The molecule has 0 aliphatic carbocycles. The number of benzene rings is 4. The number of carbonyl (C=O) groups is 4. The fourth-order valence-electron chi connectivity index (χ4n) is 5.38. The second kappa shape index (κ2) is 13.4. The number of hydrogen-bond donors (Lipinski definition) is 2. The summed E-state index contributed by atoms with van der Waals surface area (Å²) in [4.78, 5) is 56.6. The van der Waals surface area contributed by atoms with Crippen molar-refractivity contribution >= 4 is 73.2 Å². The molecule has 0 unspecified atom stereocenters. The molecule has 2 N–H and O–H groups in total. The van der Waals surface area contributed by atoms with Crippen LogP contribution in [0, 0.1) is 0 Å². The van der Waals surface area contributed by atoms with Crippen LogP contribution >= 0.6 is 27.5 Å². The third kappa shape index (κ3) is 6.45. The summed E-state index contributed by atoms with van der Waals surface area (Å²) in [5, 5.41) is 7.92. The minimum absolute atomic E-state index is 0.0771. The van der Waals surface area contributed by atoms with Gasteiger partial charge in [0.05, 0.1) is 37.6 Å². The second-order valence-corrected chi connectivity index (χ2v) is 12.1. The standard InChI is InChI=1S/C34H32BrClN4O5/c1-19(37-3)32(42)38-28-18-40(33(43)22-10-8-21(9-11-22)20(2)41)30-16-23(36)12-14-29(30)39(34(28)44)17-26-24-6-5-7-27(35)25(24)13-15-31(26)45-4/h5-16,19,28,37H,17-18H2,1-4H3,(H,38,42)/t19-,28-/m0/s1. The van der Waals surface area contributed by atoms with E-state index in [-0.39, 0.29) is 18.9 Å². The lowest BCUT2D eigenvalue weighted by Gasteiger charge is -2.27. The van der Waals surface area contributed by atoms with E-state index in [0.29, 0.717) is 33.3 Å². The molecule has 5 rings (SSSR count). The van der Waals surface area contributed by atoms with Crippen LogP contribution in [-0.2, 0) is 16.1 Å². The first-order valence-electron chi connectivity index (χ1n) is 14.3. The molecule has 0 spiro atoms. The van der Waals surface area contributed by atoms with E-state index < -0.39 is 29.8 Å². The second-order valence-electron chi connectivity index (χ2n) is 10.8. The Hall–Kier alpha value is -4.25. The Morgan fingerprint density at radius 2 is 1.71 bits per heavy atom. The van der Waals surface area contributed by atoms with Crippen LogP contribution in [0.4, 0.5) is 11.4 Å². The van der Waals surface area contributed by atoms with Crippen molar-refractivity contribution in [2.75, 3.05) is 30.5 Å².